The van der Waals surface area contributed by atoms with Crippen molar-refractivity contribution < 1.29 is 19.0 Å². The number of ether oxygens (including phenoxy) is 3. The van der Waals surface area contributed by atoms with Crippen LogP contribution >= 0.6 is 0 Å². The van der Waals surface area contributed by atoms with Gasteiger partial charge >= 0.3 is 0 Å². The van der Waals surface area contributed by atoms with E-state index in [2.05, 4.69) is 10.4 Å². The predicted molar refractivity (Wildman–Crippen MR) is 143 cm³/mol. The van der Waals surface area contributed by atoms with E-state index in [4.69, 9.17) is 14.2 Å². The van der Waals surface area contributed by atoms with Crippen molar-refractivity contribution in [1.82, 2.24) is 9.78 Å². The van der Waals surface area contributed by atoms with Gasteiger partial charge in [-0.25, -0.2) is 4.68 Å². The van der Waals surface area contributed by atoms with Gasteiger partial charge in [-0.15, -0.1) is 0 Å². The number of anilines is 1. The molecule has 37 heavy (non-hydrogen) atoms. The van der Waals surface area contributed by atoms with Gasteiger partial charge in [0.25, 0.3) is 5.56 Å². The molecule has 0 atom stereocenters. The minimum atomic E-state index is -0.393. The molecule has 0 aliphatic carbocycles. The number of aryl methyl sites for hydroxylation is 1. The largest absolute Gasteiger partial charge is 0.497 e. The maximum atomic E-state index is 13.4. The summed E-state index contributed by atoms with van der Waals surface area (Å²) in [5, 5.41) is 7.33. The lowest BCUT2D eigenvalue weighted by Crippen LogP contribution is -2.32. The van der Waals surface area contributed by atoms with Gasteiger partial charge in [-0.3, -0.25) is 9.59 Å². The summed E-state index contributed by atoms with van der Waals surface area (Å²) in [6, 6.07) is 22.3. The Bertz CT molecular complexity index is 1460. The van der Waals surface area contributed by atoms with Crippen LogP contribution in [0.1, 0.15) is 16.7 Å². The Morgan fingerprint density at radius 2 is 1.65 bits per heavy atom. The molecule has 1 heterocycles. The summed E-state index contributed by atoms with van der Waals surface area (Å²) >= 11 is 0. The van der Waals surface area contributed by atoms with Crippen molar-refractivity contribution in [3.63, 3.8) is 0 Å². The Balaban J connectivity index is 1.67. The highest BCUT2D eigenvalue weighted by molar-refractivity contribution is 5.90. The van der Waals surface area contributed by atoms with E-state index >= 15 is 0 Å². The fourth-order valence-corrected chi connectivity index (χ4v) is 3.95. The van der Waals surface area contributed by atoms with Crippen LogP contribution in [0.3, 0.4) is 0 Å². The third-order valence-electron chi connectivity index (χ3n) is 5.89. The quantitative estimate of drug-likeness (QED) is 0.365. The minimum Gasteiger partial charge on any atom is -0.497 e. The lowest BCUT2D eigenvalue weighted by atomic mass is 10.0. The van der Waals surface area contributed by atoms with Crippen molar-refractivity contribution in [2.45, 2.75) is 19.9 Å². The molecule has 0 radical (unpaired) electrons. The SMILES string of the molecule is COc1cccc(Cc2cc(-c3ccc(C)cc3)nn(CC(=O)Nc3ccc(OC)c(OC)c3)c2=O)c1. The Labute approximate surface area is 215 Å². The van der Waals surface area contributed by atoms with E-state index < -0.39 is 5.91 Å². The Hall–Kier alpha value is -4.59. The van der Waals surface area contributed by atoms with Gasteiger partial charge in [0.2, 0.25) is 5.91 Å². The van der Waals surface area contributed by atoms with E-state index in [-0.39, 0.29) is 12.1 Å². The topological polar surface area (TPSA) is 91.7 Å². The molecule has 0 saturated carbocycles. The molecule has 3 aromatic carbocycles. The first-order valence-electron chi connectivity index (χ1n) is 11.7. The highest BCUT2D eigenvalue weighted by Crippen LogP contribution is 2.29. The minimum absolute atomic E-state index is 0.252. The molecule has 4 aromatic rings. The van der Waals surface area contributed by atoms with Crippen molar-refractivity contribution in [3.05, 3.63) is 99.8 Å². The average molecular weight is 500 g/mol. The Morgan fingerprint density at radius 3 is 2.35 bits per heavy atom. The fraction of sp³-hybridized carbons (Fsp3) is 0.207. The van der Waals surface area contributed by atoms with Crippen LogP contribution in [0.15, 0.2) is 77.6 Å². The predicted octanol–water partition coefficient (Wildman–Crippen LogP) is 4.47. The molecular formula is C29H29N3O5. The third kappa shape index (κ3) is 6.16. The van der Waals surface area contributed by atoms with E-state index in [1.165, 1.54) is 11.8 Å². The first-order valence-corrected chi connectivity index (χ1v) is 11.7. The van der Waals surface area contributed by atoms with E-state index in [0.29, 0.717) is 40.6 Å². The molecule has 1 amide bonds. The Morgan fingerprint density at radius 1 is 0.892 bits per heavy atom. The number of benzene rings is 3. The summed E-state index contributed by atoms with van der Waals surface area (Å²) in [6.45, 7) is 1.75. The van der Waals surface area contributed by atoms with Crippen LogP contribution < -0.4 is 25.1 Å². The Kier molecular flexibility index (Phi) is 7.88. The second-order valence-electron chi connectivity index (χ2n) is 8.53. The number of aromatic nitrogens is 2. The number of carbonyl (C=O) groups excluding carboxylic acids is 1. The van der Waals surface area contributed by atoms with Gasteiger partial charge in [0.05, 0.1) is 27.0 Å². The number of rotatable bonds is 9. The highest BCUT2D eigenvalue weighted by atomic mass is 16.5. The molecule has 0 bridgehead atoms. The molecule has 0 spiro atoms. The molecule has 0 aliphatic heterocycles. The van der Waals surface area contributed by atoms with Gasteiger partial charge < -0.3 is 19.5 Å². The number of carbonyl (C=O) groups is 1. The number of nitrogens with one attached hydrogen (secondary N) is 1. The summed E-state index contributed by atoms with van der Waals surface area (Å²) in [5.74, 6) is 1.35. The highest BCUT2D eigenvalue weighted by Gasteiger charge is 2.15. The maximum Gasteiger partial charge on any atom is 0.270 e. The molecule has 1 N–H and O–H groups in total. The van der Waals surface area contributed by atoms with Crippen LogP contribution in [0.4, 0.5) is 5.69 Å². The summed E-state index contributed by atoms with van der Waals surface area (Å²) in [6.07, 6.45) is 0.370. The molecule has 1 aromatic heterocycles. The summed E-state index contributed by atoms with van der Waals surface area (Å²) < 4.78 is 17.1. The molecule has 0 saturated heterocycles. The van der Waals surface area contributed by atoms with Crippen LogP contribution in [-0.4, -0.2) is 37.0 Å². The van der Waals surface area contributed by atoms with Crippen molar-refractivity contribution in [2.75, 3.05) is 26.6 Å². The maximum absolute atomic E-state index is 13.4. The zero-order valence-electron chi connectivity index (χ0n) is 21.3. The third-order valence-corrected chi connectivity index (χ3v) is 5.89. The zero-order chi connectivity index (χ0) is 26.4. The van der Waals surface area contributed by atoms with Gasteiger partial charge in [0.15, 0.2) is 11.5 Å². The molecule has 8 nitrogen and oxygen atoms in total. The first-order chi connectivity index (χ1) is 17.9. The smallest absolute Gasteiger partial charge is 0.270 e. The van der Waals surface area contributed by atoms with Gasteiger partial charge in [0, 0.05) is 29.3 Å². The fourth-order valence-electron chi connectivity index (χ4n) is 3.95. The second kappa shape index (κ2) is 11.4. The molecule has 190 valence electrons. The number of hydrogen-bond acceptors (Lipinski definition) is 6. The molecule has 0 fully saturated rings. The molecule has 4 rings (SSSR count). The first kappa shape index (κ1) is 25.5. The van der Waals surface area contributed by atoms with Crippen LogP contribution in [0.2, 0.25) is 0 Å². The van der Waals surface area contributed by atoms with Crippen LogP contribution in [0, 0.1) is 6.92 Å². The van der Waals surface area contributed by atoms with Crippen LogP contribution in [0.5, 0.6) is 17.2 Å². The van der Waals surface area contributed by atoms with E-state index in [1.54, 1.807) is 38.5 Å². The molecule has 8 heteroatoms. The van der Waals surface area contributed by atoms with E-state index in [9.17, 15) is 9.59 Å². The van der Waals surface area contributed by atoms with Gasteiger partial charge in [0.1, 0.15) is 12.3 Å². The van der Waals surface area contributed by atoms with Gasteiger partial charge in [-0.1, -0.05) is 42.0 Å². The van der Waals surface area contributed by atoms with Crippen molar-refractivity contribution in [1.29, 1.82) is 0 Å². The molecular weight excluding hydrogens is 470 g/mol. The summed E-state index contributed by atoms with van der Waals surface area (Å²) in [5.41, 5.74) is 4.20. The molecule has 0 unspecified atom stereocenters. The van der Waals surface area contributed by atoms with Crippen molar-refractivity contribution in [3.8, 4) is 28.5 Å². The molecule has 0 aliphatic rings. The normalized spacial score (nSPS) is 10.6. The summed E-state index contributed by atoms with van der Waals surface area (Å²) in [7, 11) is 4.66. The van der Waals surface area contributed by atoms with E-state index in [1.807, 2.05) is 55.5 Å². The number of amides is 1. The van der Waals surface area contributed by atoms with Crippen molar-refractivity contribution in [2.24, 2.45) is 0 Å². The lowest BCUT2D eigenvalue weighted by molar-refractivity contribution is -0.117. The average Bonchev–Trinajstić information content (AvgIpc) is 2.91. The zero-order valence-corrected chi connectivity index (χ0v) is 21.3. The van der Waals surface area contributed by atoms with Gasteiger partial charge in [-0.05, 0) is 42.8 Å². The monoisotopic (exact) mass is 499 g/mol. The van der Waals surface area contributed by atoms with E-state index in [0.717, 1.165) is 16.7 Å². The van der Waals surface area contributed by atoms with Crippen molar-refractivity contribution >= 4 is 11.6 Å². The van der Waals surface area contributed by atoms with Crippen LogP contribution in [0.25, 0.3) is 11.3 Å². The second-order valence-corrected chi connectivity index (χ2v) is 8.53. The number of nitrogens with zero attached hydrogens (tertiary/aromatic N) is 2. The number of hydrogen-bond donors (Lipinski definition) is 1. The standard InChI is InChI=1S/C29H29N3O5/c1-19-8-10-21(11-9-19)25-16-22(14-20-6-5-7-24(15-20)35-2)29(34)32(31-25)18-28(33)30-23-12-13-26(36-3)27(17-23)37-4/h5-13,15-17H,14,18H2,1-4H3,(H,30,33). The number of methoxy groups -OCH3 is 3. The van der Waals surface area contributed by atoms with Gasteiger partial charge in [-0.2, -0.15) is 5.10 Å². The van der Waals surface area contributed by atoms with Crippen LogP contribution in [-0.2, 0) is 17.8 Å². The lowest BCUT2D eigenvalue weighted by Gasteiger charge is -2.13. The summed E-state index contributed by atoms with van der Waals surface area (Å²) in [4.78, 5) is 26.3.